The summed E-state index contributed by atoms with van der Waals surface area (Å²) in [4.78, 5) is 12.4. The van der Waals surface area contributed by atoms with Gasteiger partial charge in [-0.3, -0.25) is 9.48 Å². The topological polar surface area (TPSA) is 76.8 Å². The average Bonchev–Trinajstić information content (AvgIpc) is 3.06. The third-order valence-corrected chi connectivity index (χ3v) is 3.46. The number of hydrogen-bond donors (Lipinski definition) is 2. The zero-order chi connectivity index (χ0) is 17.2. The van der Waals surface area contributed by atoms with Gasteiger partial charge in [0.1, 0.15) is 11.9 Å². The summed E-state index contributed by atoms with van der Waals surface area (Å²) in [7, 11) is 0. The Balaban J connectivity index is 2.00. The predicted octanol–water partition coefficient (Wildman–Crippen LogP) is 2.85. The lowest BCUT2D eigenvalue weighted by Gasteiger charge is -2.19. The Morgan fingerprint density at radius 3 is 2.48 bits per heavy atom. The van der Waals surface area contributed by atoms with Gasteiger partial charge in [-0.2, -0.15) is 10.2 Å². The highest BCUT2D eigenvalue weighted by molar-refractivity contribution is 5.95. The number of nitrogens with zero attached hydrogens (tertiary/aromatic N) is 4. The molecular weight excluding hydrogens is 292 g/mol. The van der Waals surface area contributed by atoms with Gasteiger partial charge in [-0.15, -0.1) is 0 Å². The highest BCUT2D eigenvalue weighted by Crippen LogP contribution is 2.17. The number of nitrogens with one attached hydrogen (secondary N) is 2. The molecule has 2 rings (SSSR count). The summed E-state index contributed by atoms with van der Waals surface area (Å²) in [6.07, 6.45) is 5.32. The Morgan fingerprint density at radius 2 is 1.91 bits per heavy atom. The summed E-state index contributed by atoms with van der Waals surface area (Å²) < 4.78 is 3.65. The molecule has 1 unspecified atom stereocenters. The number of rotatable bonds is 5. The summed E-state index contributed by atoms with van der Waals surface area (Å²) in [5.41, 5.74) is 0.731. The van der Waals surface area contributed by atoms with E-state index in [0.29, 0.717) is 5.82 Å². The fourth-order valence-corrected chi connectivity index (χ4v) is 2.14. The van der Waals surface area contributed by atoms with E-state index in [1.807, 2.05) is 31.6 Å². The SMILES string of the molecule is CC(Nc1cnn(C(C)(C)C)c1)C(=O)Nc1ccnn1C(C)C. The van der Waals surface area contributed by atoms with Gasteiger partial charge in [0.15, 0.2) is 0 Å². The van der Waals surface area contributed by atoms with E-state index in [1.165, 1.54) is 0 Å². The normalized spacial score (nSPS) is 13.2. The highest BCUT2D eigenvalue weighted by atomic mass is 16.2. The maximum atomic E-state index is 12.4. The first-order valence-electron chi connectivity index (χ1n) is 7.84. The zero-order valence-electron chi connectivity index (χ0n) is 14.7. The molecule has 0 aromatic carbocycles. The lowest BCUT2D eigenvalue weighted by Crippen LogP contribution is -2.32. The minimum Gasteiger partial charge on any atom is -0.371 e. The van der Waals surface area contributed by atoms with Crippen molar-refractivity contribution in [2.24, 2.45) is 0 Å². The smallest absolute Gasteiger partial charge is 0.247 e. The molecule has 0 bridgehead atoms. The lowest BCUT2D eigenvalue weighted by atomic mass is 10.1. The third kappa shape index (κ3) is 4.12. The van der Waals surface area contributed by atoms with E-state index in [1.54, 1.807) is 23.1 Å². The summed E-state index contributed by atoms with van der Waals surface area (Å²) in [6.45, 7) is 12.1. The van der Waals surface area contributed by atoms with Crippen LogP contribution in [0.2, 0.25) is 0 Å². The first-order valence-corrected chi connectivity index (χ1v) is 7.84. The molecule has 7 heteroatoms. The Kier molecular flexibility index (Phi) is 4.77. The van der Waals surface area contributed by atoms with Gasteiger partial charge in [0.2, 0.25) is 5.91 Å². The van der Waals surface area contributed by atoms with Gasteiger partial charge in [-0.1, -0.05) is 0 Å². The van der Waals surface area contributed by atoms with Crippen LogP contribution in [0.4, 0.5) is 11.5 Å². The fraction of sp³-hybridized carbons (Fsp3) is 0.562. The Morgan fingerprint density at radius 1 is 1.22 bits per heavy atom. The summed E-state index contributed by atoms with van der Waals surface area (Å²) in [5.74, 6) is 0.583. The van der Waals surface area contributed by atoms with Crippen LogP contribution in [0, 0.1) is 0 Å². The number of carbonyl (C=O) groups excluding carboxylic acids is 1. The van der Waals surface area contributed by atoms with E-state index < -0.39 is 0 Å². The van der Waals surface area contributed by atoms with Crippen molar-refractivity contribution in [1.82, 2.24) is 19.6 Å². The van der Waals surface area contributed by atoms with Gasteiger partial charge in [-0.25, -0.2) is 4.68 Å². The second-order valence-corrected chi connectivity index (χ2v) is 6.95. The standard InChI is InChI=1S/C16H26N6O/c1-11(2)22-14(7-8-17-22)20-15(23)12(3)19-13-9-18-21(10-13)16(4,5)6/h7-12,19H,1-6H3,(H,20,23). The van der Waals surface area contributed by atoms with Crippen LogP contribution in [0.3, 0.4) is 0 Å². The molecule has 0 saturated carbocycles. The summed E-state index contributed by atoms with van der Waals surface area (Å²) >= 11 is 0. The van der Waals surface area contributed by atoms with E-state index in [-0.39, 0.29) is 23.5 Å². The van der Waals surface area contributed by atoms with Gasteiger partial charge in [0.25, 0.3) is 0 Å². The van der Waals surface area contributed by atoms with Crippen LogP contribution in [0.1, 0.15) is 47.6 Å². The average molecular weight is 318 g/mol. The van der Waals surface area contributed by atoms with Gasteiger partial charge in [0.05, 0.1) is 23.6 Å². The molecule has 0 aliphatic rings. The monoisotopic (exact) mass is 318 g/mol. The highest BCUT2D eigenvalue weighted by Gasteiger charge is 2.18. The zero-order valence-corrected chi connectivity index (χ0v) is 14.7. The molecular formula is C16H26N6O. The van der Waals surface area contributed by atoms with Gasteiger partial charge >= 0.3 is 0 Å². The summed E-state index contributed by atoms with van der Waals surface area (Å²) in [6, 6.07) is 1.60. The van der Waals surface area contributed by atoms with E-state index in [4.69, 9.17) is 0 Å². The van der Waals surface area contributed by atoms with Crippen molar-refractivity contribution in [1.29, 1.82) is 0 Å². The van der Waals surface area contributed by atoms with Crippen LogP contribution in [-0.2, 0) is 10.3 Å². The third-order valence-electron chi connectivity index (χ3n) is 3.46. The quantitative estimate of drug-likeness (QED) is 0.888. The van der Waals surface area contributed by atoms with E-state index in [9.17, 15) is 4.79 Å². The molecule has 2 aromatic rings. The van der Waals surface area contributed by atoms with Crippen molar-refractivity contribution >= 4 is 17.4 Å². The Hall–Kier alpha value is -2.31. The molecule has 0 fully saturated rings. The molecule has 2 N–H and O–H groups in total. The predicted molar refractivity (Wildman–Crippen MR) is 91.5 cm³/mol. The lowest BCUT2D eigenvalue weighted by molar-refractivity contribution is -0.116. The van der Waals surface area contributed by atoms with Gasteiger partial charge in [0, 0.05) is 18.3 Å². The second-order valence-electron chi connectivity index (χ2n) is 6.95. The van der Waals surface area contributed by atoms with Crippen LogP contribution in [0.15, 0.2) is 24.7 Å². The number of aromatic nitrogens is 4. The number of hydrogen-bond acceptors (Lipinski definition) is 4. The first kappa shape index (κ1) is 17.1. The molecule has 0 saturated heterocycles. The van der Waals surface area contributed by atoms with Crippen LogP contribution < -0.4 is 10.6 Å². The number of amides is 1. The summed E-state index contributed by atoms with van der Waals surface area (Å²) in [5, 5.41) is 14.6. The molecule has 23 heavy (non-hydrogen) atoms. The molecule has 2 aromatic heterocycles. The Labute approximate surface area is 137 Å². The van der Waals surface area contributed by atoms with Crippen LogP contribution in [-0.4, -0.2) is 31.5 Å². The Bertz CT molecular complexity index is 664. The van der Waals surface area contributed by atoms with Crippen molar-refractivity contribution in [3.05, 3.63) is 24.7 Å². The van der Waals surface area contributed by atoms with E-state index in [0.717, 1.165) is 5.69 Å². The van der Waals surface area contributed by atoms with E-state index in [2.05, 4.69) is 41.6 Å². The first-order chi connectivity index (χ1) is 10.7. The maximum Gasteiger partial charge on any atom is 0.247 e. The van der Waals surface area contributed by atoms with Gasteiger partial charge in [-0.05, 0) is 41.5 Å². The molecule has 0 spiro atoms. The van der Waals surface area contributed by atoms with Crippen molar-refractivity contribution in [2.45, 2.75) is 59.2 Å². The molecule has 0 radical (unpaired) electrons. The maximum absolute atomic E-state index is 12.4. The van der Waals surface area contributed by atoms with Crippen molar-refractivity contribution < 1.29 is 4.79 Å². The molecule has 7 nitrogen and oxygen atoms in total. The second kappa shape index (κ2) is 6.44. The minimum absolute atomic E-state index is 0.0881. The number of carbonyl (C=O) groups is 1. The molecule has 0 aliphatic heterocycles. The van der Waals surface area contributed by atoms with Crippen LogP contribution in [0.5, 0.6) is 0 Å². The molecule has 126 valence electrons. The molecule has 0 aliphatic carbocycles. The van der Waals surface area contributed by atoms with Crippen molar-refractivity contribution in [3.8, 4) is 0 Å². The van der Waals surface area contributed by atoms with Crippen LogP contribution >= 0.6 is 0 Å². The molecule has 1 atom stereocenters. The fourth-order valence-electron chi connectivity index (χ4n) is 2.14. The van der Waals surface area contributed by atoms with Crippen LogP contribution in [0.25, 0.3) is 0 Å². The number of anilines is 2. The molecule has 1 amide bonds. The van der Waals surface area contributed by atoms with E-state index >= 15 is 0 Å². The molecule has 2 heterocycles. The largest absolute Gasteiger partial charge is 0.371 e. The minimum atomic E-state index is -0.386. The van der Waals surface area contributed by atoms with Crippen molar-refractivity contribution in [2.75, 3.05) is 10.6 Å². The van der Waals surface area contributed by atoms with Gasteiger partial charge < -0.3 is 10.6 Å². The van der Waals surface area contributed by atoms with Crippen molar-refractivity contribution in [3.63, 3.8) is 0 Å².